The van der Waals surface area contributed by atoms with Gasteiger partial charge in [-0.05, 0) is 49.9 Å². The maximum atomic E-state index is 12.1. The highest BCUT2D eigenvalue weighted by molar-refractivity contribution is 8.02. The van der Waals surface area contributed by atoms with E-state index in [0.717, 1.165) is 18.8 Å². The third-order valence-corrected chi connectivity index (χ3v) is 7.85. The Morgan fingerprint density at radius 2 is 2.08 bits per heavy atom. The van der Waals surface area contributed by atoms with Crippen LogP contribution >= 0.6 is 11.8 Å². The molecule has 0 aromatic heterocycles. The van der Waals surface area contributed by atoms with Crippen LogP contribution in [0.25, 0.3) is 0 Å². The van der Waals surface area contributed by atoms with E-state index in [4.69, 9.17) is 0 Å². The first-order chi connectivity index (χ1) is 11.4. The van der Waals surface area contributed by atoms with Crippen LogP contribution in [-0.2, 0) is 14.6 Å². The quantitative estimate of drug-likeness (QED) is 0.865. The van der Waals surface area contributed by atoms with Gasteiger partial charge in [-0.2, -0.15) is 0 Å². The van der Waals surface area contributed by atoms with E-state index in [1.807, 2.05) is 12.1 Å². The van der Waals surface area contributed by atoms with Crippen LogP contribution in [-0.4, -0.2) is 49.9 Å². The van der Waals surface area contributed by atoms with Crippen molar-refractivity contribution in [2.24, 2.45) is 0 Å². The number of hydrogen-bond acceptors (Lipinski definition) is 5. The van der Waals surface area contributed by atoms with Crippen LogP contribution in [0.4, 0.5) is 11.4 Å². The first kappa shape index (κ1) is 17.6. The Kier molecular flexibility index (Phi) is 5.39. The Hall–Kier alpha value is -1.21. The number of aryl methyl sites for hydroxylation is 1. The number of carbonyl (C=O) groups is 1. The molecule has 1 aromatic rings. The van der Waals surface area contributed by atoms with Gasteiger partial charge in [0.2, 0.25) is 5.91 Å². The van der Waals surface area contributed by atoms with Crippen LogP contribution in [0, 0.1) is 6.92 Å². The third kappa shape index (κ3) is 4.45. The van der Waals surface area contributed by atoms with Gasteiger partial charge in [-0.3, -0.25) is 4.79 Å². The summed E-state index contributed by atoms with van der Waals surface area (Å²) in [5, 5.41) is 2.97. The Morgan fingerprint density at radius 1 is 1.33 bits per heavy atom. The van der Waals surface area contributed by atoms with E-state index in [-0.39, 0.29) is 22.7 Å². The summed E-state index contributed by atoms with van der Waals surface area (Å²) >= 11 is 1.44. The normalized spacial score (nSPS) is 22.7. The van der Waals surface area contributed by atoms with Crippen molar-refractivity contribution in [3.63, 3.8) is 0 Å². The number of nitrogens with one attached hydrogen (secondary N) is 1. The van der Waals surface area contributed by atoms with Crippen molar-refractivity contribution < 1.29 is 13.2 Å². The second kappa shape index (κ2) is 7.35. The minimum Gasteiger partial charge on any atom is -0.371 e. The SMILES string of the molecule is Cc1cc(NC(=O)CSC2CCS(=O)(=O)C2)ccc1N1CCCC1. The molecule has 2 fully saturated rings. The molecule has 7 heteroatoms. The zero-order valence-electron chi connectivity index (χ0n) is 14.0. The molecular formula is C17H24N2O3S2. The lowest BCUT2D eigenvalue weighted by Crippen LogP contribution is -2.19. The molecule has 2 aliphatic heterocycles. The van der Waals surface area contributed by atoms with Crippen molar-refractivity contribution in [1.82, 2.24) is 0 Å². The number of carbonyl (C=O) groups excluding carboxylic acids is 1. The average Bonchev–Trinajstić information content (AvgIpc) is 3.15. The molecule has 132 valence electrons. The molecule has 1 N–H and O–H groups in total. The van der Waals surface area contributed by atoms with Crippen LogP contribution in [0.1, 0.15) is 24.8 Å². The van der Waals surface area contributed by atoms with Gasteiger partial charge in [-0.1, -0.05) is 0 Å². The van der Waals surface area contributed by atoms with Gasteiger partial charge >= 0.3 is 0 Å². The zero-order valence-corrected chi connectivity index (χ0v) is 15.6. The monoisotopic (exact) mass is 368 g/mol. The first-order valence-electron chi connectivity index (χ1n) is 8.40. The van der Waals surface area contributed by atoms with Gasteiger partial charge in [0.1, 0.15) is 0 Å². The van der Waals surface area contributed by atoms with Crippen LogP contribution in [0.5, 0.6) is 0 Å². The molecule has 0 spiro atoms. The molecule has 5 nitrogen and oxygen atoms in total. The Morgan fingerprint density at radius 3 is 2.71 bits per heavy atom. The first-order valence-corrected chi connectivity index (χ1v) is 11.3. The third-order valence-electron chi connectivity index (χ3n) is 4.57. The van der Waals surface area contributed by atoms with Crippen molar-refractivity contribution >= 4 is 38.9 Å². The van der Waals surface area contributed by atoms with Crippen molar-refractivity contribution in [3.05, 3.63) is 23.8 Å². The Bertz CT molecular complexity index is 713. The largest absolute Gasteiger partial charge is 0.371 e. The van der Waals surface area contributed by atoms with E-state index < -0.39 is 9.84 Å². The fourth-order valence-electron chi connectivity index (χ4n) is 3.33. The minimum atomic E-state index is -2.88. The predicted molar refractivity (Wildman–Crippen MR) is 101 cm³/mol. The molecule has 0 radical (unpaired) electrons. The lowest BCUT2D eigenvalue weighted by Gasteiger charge is -2.20. The smallest absolute Gasteiger partial charge is 0.234 e. The minimum absolute atomic E-state index is 0.0556. The van der Waals surface area contributed by atoms with E-state index in [1.54, 1.807) is 0 Å². The number of thioether (sulfide) groups is 1. The summed E-state index contributed by atoms with van der Waals surface area (Å²) in [7, 11) is -2.88. The van der Waals surface area contributed by atoms with Crippen molar-refractivity contribution in [2.75, 3.05) is 40.6 Å². The molecule has 24 heavy (non-hydrogen) atoms. The van der Waals surface area contributed by atoms with Gasteiger partial charge in [0.25, 0.3) is 0 Å². The molecule has 0 bridgehead atoms. The second-order valence-electron chi connectivity index (χ2n) is 6.58. The molecule has 3 rings (SSSR count). The number of hydrogen-bond donors (Lipinski definition) is 1. The summed E-state index contributed by atoms with van der Waals surface area (Å²) in [6.45, 7) is 4.28. The van der Waals surface area contributed by atoms with E-state index in [2.05, 4.69) is 23.2 Å². The van der Waals surface area contributed by atoms with Crippen molar-refractivity contribution in [2.45, 2.75) is 31.4 Å². The van der Waals surface area contributed by atoms with Crippen molar-refractivity contribution in [3.8, 4) is 0 Å². The summed E-state index contributed by atoms with van der Waals surface area (Å²) in [5.41, 5.74) is 3.22. The number of anilines is 2. The number of rotatable bonds is 5. The van der Waals surface area contributed by atoms with Gasteiger partial charge in [-0.15, -0.1) is 11.8 Å². The molecule has 2 heterocycles. The van der Waals surface area contributed by atoms with E-state index in [0.29, 0.717) is 12.2 Å². The lowest BCUT2D eigenvalue weighted by molar-refractivity contribution is -0.113. The molecule has 1 aromatic carbocycles. The van der Waals surface area contributed by atoms with E-state index in [1.165, 1.54) is 35.9 Å². The summed E-state index contributed by atoms with van der Waals surface area (Å²) in [6, 6.07) is 6.03. The maximum absolute atomic E-state index is 12.1. The Balaban J connectivity index is 1.52. The highest BCUT2D eigenvalue weighted by Gasteiger charge is 2.28. The average molecular weight is 369 g/mol. The van der Waals surface area contributed by atoms with Gasteiger partial charge < -0.3 is 10.2 Å². The molecule has 2 aliphatic rings. The predicted octanol–water partition coefficient (Wildman–Crippen LogP) is 2.45. The van der Waals surface area contributed by atoms with Crippen molar-refractivity contribution in [1.29, 1.82) is 0 Å². The van der Waals surface area contributed by atoms with Crippen LogP contribution in [0.3, 0.4) is 0 Å². The van der Waals surface area contributed by atoms with Crippen LogP contribution in [0.2, 0.25) is 0 Å². The number of amides is 1. The Labute approximate surface area is 148 Å². The maximum Gasteiger partial charge on any atom is 0.234 e. The van der Waals surface area contributed by atoms with Gasteiger partial charge in [0.15, 0.2) is 9.84 Å². The lowest BCUT2D eigenvalue weighted by atomic mass is 10.1. The summed E-state index contributed by atoms with van der Waals surface area (Å²) < 4.78 is 22.9. The summed E-state index contributed by atoms with van der Waals surface area (Å²) in [4.78, 5) is 14.5. The molecular weight excluding hydrogens is 344 g/mol. The molecule has 0 saturated carbocycles. The van der Waals surface area contributed by atoms with Crippen LogP contribution < -0.4 is 10.2 Å². The molecule has 2 saturated heterocycles. The fraction of sp³-hybridized carbons (Fsp3) is 0.588. The van der Waals surface area contributed by atoms with Gasteiger partial charge in [0.05, 0.1) is 17.3 Å². The summed E-state index contributed by atoms with van der Waals surface area (Å²) in [5.74, 6) is 0.683. The molecule has 0 aliphatic carbocycles. The number of nitrogens with zero attached hydrogens (tertiary/aromatic N) is 1. The van der Waals surface area contributed by atoms with Crippen LogP contribution in [0.15, 0.2) is 18.2 Å². The standard InChI is InChI=1S/C17H24N2O3S2/c1-13-10-14(4-5-16(13)19-7-2-3-8-19)18-17(20)11-23-15-6-9-24(21,22)12-15/h4-5,10,15H,2-3,6-9,11-12H2,1H3,(H,18,20). The molecule has 1 unspecified atom stereocenters. The highest BCUT2D eigenvalue weighted by atomic mass is 32.2. The van der Waals surface area contributed by atoms with Gasteiger partial charge in [0, 0.05) is 29.7 Å². The molecule has 1 amide bonds. The zero-order chi connectivity index (χ0) is 17.2. The second-order valence-corrected chi connectivity index (χ2v) is 10.1. The number of benzene rings is 1. The number of sulfone groups is 1. The summed E-state index contributed by atoms with van der Waals surface area (Å²) in [6.07, 6.45) is 3.14. The van der Waals surface area contributed by atoms with Gasteiger partial charge in [-0.25, -0.2) is 8.42 Å². The molecule has 1 atom stereocenters. The van der Waals surface area contributed by atoms with E-state index in [9.17, 15) is 13.2 Å². The fourth-order valence-corrected chi connectivity index (χ4v) is 6.77. The highest BCUT2D eigenvalue weighted by Crippen LogP contribution is 2.27. The van der Waals surface area contributed by atoms with E-state index >= 15 is 0 Å². The topological polar surface area (TPSA) is 66.5 Å².